The van der Waals surface area contributed by atoms with Crippen LogP contribution in [0.1, 0.15) is 45.2 Å². The molecule has 3 aromatic rings. The second-order valence-corrected chi connectivity index (χ2v) is 13.6. The summed E-state index contributed by atoms with van der Waals surface area (Å²) >= 11 is 3.42. The Balaban J connectivity index is 2.02. The molecule has 9 heteroatoms. The van der Waals surface area contributed by atoms with Crippen molar-refractivity contribution in [3.63, 3.8) is 0 Å². The number of sulfonamides is 1. The summed E-state index contributed by atoms with van der Waals surface area (Å²) in [5.74, 6) is -0.727. The summed E-state index contributed by atoms with van der Waals surface area (Å²) in [5, 5.41) is 2.99. The molecular weight excluding hydrogens is 590 g/mol. The molecule has 0 spiro atoms. The highest BCUT2D eigenvalue weighted by Crippen LogP contribution is 2.27. The van der Waals surface area contributed by atoms with E-state index >= 15 is 0 Å². The SMILES string of the molecule is CCC(C(=O)NC(C)(C)C)N(CCc1ccccc1)C(=O)CN(c1cccc(Br)c1)S(=O)(=O)c1ccc(C)cc1. The van der Waals surface area contributed by atoms with E-state index in [4.69, 9.17) is 0 Å². The van der Waals surface area contributed by atoms with Crippen LogP contribution >= 0.6 is 15.9 Å². The molecule has 0 radical (unpaired) electrons. The summed E-state index contributed by atoms with van der Waals surface area (Å²) < 4.78 is 29.6. The summed E-state index contributed by atoms with van der Waals surface area (Å²) in [4.78, 5) is 29.0. The van der Waals surface area contributed by atoms with Gasteiger partial charge in [0.15, 0.2) is 0 Å². The molecule has 7 nitrogen and oxygen atoms in total. The molecule has 2 amide bonds. The van der Waals surface area contributed by atoms with Gasteiger partial charge in [0.25, 0.3) is 10.0 Å². The van der Waals surface area contributed by atoms with E-state index in [2.05, 4.69) is 21.2 Å². The van der Waals surface area contributed by atoms with Crippen LogP contribution in [0, 0.1) is 6.92 Å². The quantitative estimate of drug-likeness (QED) is 0.295. The minimum absolute atomic E-state index is 0.0826. The van der Waals surface area contributed by atoms with Crippen LogP contribution in [-0.4, -0.2) is 49.8 Å². The fourth-order valence-corrected chi connectivity index (χ4v) is 6.14. The molecule has 0 saturated carbocycles. The smallest absolute Gasteiger partial charge is 0.264 e. The van der Waals surface area contributed by atoms with E-state index in [1.165, 1.54) is 4.90 Å². The fraction of sp³-hybridized carbons (Fsp3) is 0.355. The summed E-state index contributed by atoms with van der Waals surface area (Å²) in [6, 6.07) is 22.3. The van der Waals surface area contributed by atoms with E-state index in [9.17, 15) is 18.0 Å². The Morgan fingerprint density at radius 1 is 0.950 bits per heavy atom. The lowest BCUT2D eigenvalue weighted by Crippen LogP contribution is -2.56. The first-order valence-corrected chi connectivity index (χ1v) is 15.6. The van der Waals surface area contributed by atoms with Crippen LogP contribution in [0.2, 0.25) is 0 Å². The maximum atomic E-state index is 14.1. The van der Waals surface area contributed by atoms with Gasteiger partial charge in [-0.05, 0) is 76.4 Å². The topological polar surface area (TPSA) is 86.8 Å². The molecule has 0 saturated heterocycles. The first kappa shape index (κ1) is 31.4. The van der Waals surface area contributed by atoms with Crippen molar-refractivity contribution in [2.75, 3.05) is 17.4 Å². The first-order valence-electron chi connectivity index (χ1n) is 13.3. The summed E-state index contributed by atoms with van der Waals surface area (Å²) in [5.41, 5.74) is 1.79. The number of nitrogens with zero attached hydrogens (tertiary/aromatic N) is 2. The van der Waals surface area contributed by atoms with Crippen molar-refractivity contribution in [1.29, 1.82) is 0 Å². The van der Waals surface area contributed by atoms with E-state index in [1.807, 2.05) is 65.0 Å². The van der Waals surface area contributed by atoms with Gasteiger partial charge in [0.2, 0.25) is 11.8 Å². The van der Waals surface area contributed by atoms with Crippen molar-refractivity contribution in [1.82, 2.24) is 10.2 Å². The zero-order valence-corrected chi connectivity index (χ0v) is 26.1. The van der Waals surface area contributed by atoms with E-state index in [0.717, 1.165) is 15.4 Å². The highest BCUT2D eigenvalue weighted by Gasteiger charge is 2.34. The van der Waals surface area contributed by atoms with Gasteiger partial charge in [-0.2, -0.15) is 0 Å². The number of anilines is 1. The summed E-state index contributed by atoms with van der Waals surface area (Å²) in [6.07, 6.45) is 0.900. The predicted molar refractivity (Wildman–Crippen MR) is 164 cm³/mol. The zero-order chi connectivity index (χ0) is 29.5. The standard InChI is InChI=1S/C31H38BrN3O4S/c1-6-28(30(37)33-31(3,4)5)34(20-19-24-11-8-7-9-12-24)29(36)22-35(26-14-10-13-25(32)21-26)40(38,39)27-17-15-23(2)16-18-27/h7-18,21,28H,6,19-20,22H2,1-5H3,(H,33,37). The Morgan fingerprint density at radius 2 is 1.60 bits per heavy atom. The largest absolute Gasteiger partial charge is 0.350 e. The summed E-state index contributed by atoms with van der Waals surface area (Å²) in [7, 11) is -4.10. The number of carbonyl (C=O) groups excluding carboxylic acids is 2. The minimum Gasteiger partial charge on any atom is -0.350 e. The maximum Gasteiger partial charge on any atom is 0.264 e. The first-order chi connectivity index (χ1) is 18.8. The molecule has 0 heterocycles. The molecule has 1 N–H and O–H groups in total. The van der Waals surface area contributed by atoms with Crippen LogP contribution < -0.4 is 9.62 Å². The highest BCUT2D eigenvalue weighted by molar-refractivity contribution is 9.10. The normalized spacial score (nSPS) is 12.4. The number of aryl methyl sites for hydroxylation is 1. The van der Waals surface area contributed by atoms with Crippen LogP contribution in [0.5, 0.6) is 0 Å². The third-order valence-corrected chi connectivity index (χ3v) is 8.63. The third-order valence-electron chi connectivity index (χ3n) is 6.35. The fourth-order valence-electron chi connectivity index (χ4n) is 4.35. The van der Waals surface area contributed by atoms with Gasteiger partial charge in [-0.1, -0.05) is 76.9 Å². The zero-order valence-electron chi connectivity index (χ0n) is 23.7. The number of carbonyl (C=O) groups is 2. The second kappa shape index (κ2) is 13.5. The second-order valence-electron chi connectivity index (χ2n) is 10.8. The van der Waals surface area contributed by atoms with Crippen molar-refractivity contribution in [2.24, 2.45) is 0 Å². The van der Waals surface area contributed by atoms with Crippen molar-refractivity contribution < 1.29 is 18.0 Å². The molecule has 0 aliphatic rings. The Kier molecular flexibility index (Phi) is 10.6. The Morgan fingerprint density at radius 3 is 2.17 bits per heavy atom. The van der Waals surface area contributed by atoms with Gasteiger partial charge < -0.3 is 10.2 Å². The molecule has 0 bridgehead atoms. The average molecular weight is 629 g/mol. The maximum absolute atomic E-state index is 14.1. The van der Waals surface area contributed by atoms with Crippen LogP contribution in [0.25, 0.3) is 0 Å². The predicted octanol–water partition coefficient (Wildman–Crippen LogP) is 5.72. The Labute approximate surface area is 246 Å². The Hall–Kier alpha value is -3.17. The molecule has 0 aliphatic carbocycles. The molecule has 0 aromatic heterocycles. The molecule has 0 fully saturated rings. The molecule has 3 rings (SSSR count). The van der Waals surface area contributed by atoms with E-state index in [-0.39, 0.29) is 17.3 Å². The van der Waals surface area contributed by atoms with Gasteiger partial charge in [-0.3, -0.25) is 13.9 Å². The molecule has 40 heavy (non-hydrogen) atoms. The molecular formula is C31H38BrN3O4S. The van der Waals surface area contributed by atoms with Crippen LogP contribution in [0.4, 0.5) is 5.69 Å². The van der Waals surface area contributed by atoms with Crippen LogP contribution in [0.15, 0.2) is 88.2 Å². The Bertz CT molecular complexity index is 1400. The van der Waals surface area contributed by atoms with Crippen LogP contribution in [0.3, 0.4) is 0 Å². The van der Waals surface area contributed by atoms with Gasteiger partial charge in [0.1, 0.15) is 12.6 Å². The van der Waals surface area contributed by atoms with Gasteiger partial charge in [0, 0.05) is 16.6 Å². The van der Waals surface area contributed by atoms with Crippen molar-refractivity contribution >= 4 is 43.5 Å². The monoisotopic (exact) mass is 627 g/mol. The average Bonchev–Trinajstić information content (AvgIpc) is 2.89. The van der Waals surface area contributed by atoms with Gasteiger partial charge in [-0.15, -0.1) is 0 Å². The van der Waals surface area contributed by atoms with E-state index in [1.54, 1.807) is 48.5 Å². The summed E-state index contributed by atoms with van der Waals surface area (Å²) in [6.45, 7) is 9.19. The number of halogens is 1. The number of benzene rings is 3. The highest BCUT2D eigenvalue weighted by atomic mass is 79.9. The van der Waals surface area contributed by atoms with Crippen molar-refractivity contribution in [3.8, 4) is 0 Å². The number of nitrogens with one attached hydrogen (secondary N) is 1. The van der Waals surface area contributed by atoms with Crippen LogP contribution in [-0.2, 0) is 26.0 Å². The lowest BCUT2D eigenvalue weighted by molar-refractivity contribution is -0.140. The number of hydrogen-bond acceptors (Lipinski definition) is 4. The van der Waals surface area contributed by atoms with Gasteiger partial charge in [0.05, 0.1) is 10.6 Å². The minimum atomic E-state index is -4.10. The molecule has 0 aliphatic heterocycles. The van der Waals surface area contributed by atoms with E-state index in [0.29, 0.717) is 23.0 Å². The number of rotatable bonds is 11. The molecule has 214 valence electrons. The lowest BCUT2D eigenvalue weighted by Gasteiger charge is -2.34. The van der Waals surface area contributed by atoms with E-state index < -0.39 is 34.1 Å². The molecule has 3 aromatic carbocycles. The molecule has 1 atom stereocenters. The number of amides is 2. The van der Waals surface area contributed by atoms with Crippen molar-refractivity contribution in [3.05, 3.63) is 94.5 Å². The third kappa shape index (κ3) is 8.41. The molecule has 1 unspecified atom stereocenters. The van der Waals surface area contributed by atoms with Gasteiger partial charge in [-0.25, -0.2) is 8.42 Å². The lowest BCUT2D eigenvalue weighted by atomic mass is 10.1. The number of hydrogen-bond donors (Lipinski definition) is 1. The van der Waals surface area contributed by atoms with Gasteiger partial charge >= 0.3 is 0 Å². The van der Waals surface area contributed by atoms with Crippen molar-refractivity contribution in [2.45, 2.75) is 63.9 Å².